The Morgan fingerprint density at radius 3 is 2.50 bits per heavy atom. The molecule has 5 heteroatoms. The van der Waals surface area contributed by atoms with Crippen LogP contribution in [-0.4, -0.2) is 12.5 Å². The van der Waals surface area contributed by atoms with Crippen LogP contribution in [-0.2, 0) is 11.2 Å². The van der Waals surface area contributed by atoms with Crippen LogP contribution in [0.15, 0.2) is 48.5 Å². The van der Waals surface area contributed by atoms with E-state index in [9.17, 15) is 9.18 Å². The molecule has 1 amide bonds. The molecule has 2 aromatic rings. The summed E-state index contributed by atoms with van der Waals surface area (Å²) in [6.45, 7) is 0.482. The zero-order valence-corrected chi connectivity index (χ0v) is 13.2. The van der Waals surface area contributed by atoms with Gasteiger partial charge in [-0.1, -0.05) is 41.4 Å². The van der Waals surface area contributed by atoms with Crippen LogP contribution in [0.4, 0.5) is 4.39 Å². The maximum Gasteiger partial charge on any atom is 0.244 e. The van der Waals surface area contributed by atoms with Gasteiger partial charge in [-0.25, -0.2) is 4.39 Å². The number of rotatable bonds is 5. The molecule has 0 saturated carbocycles. The van der Waals surface area contributed by atoms with Crippen molar-refractivity contribution in [2.24, 2.45) is 0 Å². The molecule has 0 atom stereocenters. The molecule has 0 aliphatic rings. The van der Waals surface area contributed by atoms with Gasteiger partial charge in [0, 0.05) is 12.6 Å². The van der Waals surface area contributed by atoms with Gasteiger partial charge in [0.05, 0.1) is 10.0 Å². The van der Waals surface area contributed by atoms with Crippen molar-refractivity contribution in [1.82, 2.24) is 5.32 Å². The molecule has 2 rings (SSSR count). The second kappa shape index (κ2) is 7.97. The van der Waals surface area contributed by atoms with Gasteiger partial charge < -0.3 is 5.32 Å². The lowest BCUT2D eigenvalue weighted by molar-refractivity contribution is -0.116. The Morgan fingerprint density at radius 2 is 1.82 bits per heavy atom. The summed E-state index contributed by atoms with van der Waals surface area (Å²) in [6.07, 6.45) is 3.74. The molecular weight excluding hydrogens is 324 g/mol. The van der Waals surface area contributed by atoms with E-state index in [1.807, 2.05) is 0 Å². The molecule has 0 aliphatic carbocycles. The Kier molecular flexibility index (Phi) is 5.99. The summed E-state index contributed by atoms with van der Waals surface area (Å²) in [6, 6.07) is 11.3. The minimum atomic E-state index is -0.266. The summed E-state index contributed by atoms with van der Waals surface area (Å²) < 4.78 is 12.8. The molecule has 0 bridgehead atoms. The standard InChI is InChI=1S/C17H14Cl2FNO/c18-15-7-3-13(11-16(15)19)4-8-17(22)21-10-9-12-1-5-14(20)6-2-12/h1-8,11H,9-10H2,(H,21,22)/b8-4+. The van der Waals surface area contributed by atoms with Crippen LogP contribution in [0.25, 0.3) is 6.08 Å². The van der Waals surface area contributed by atoms with Gasteiger partial charge in [-0.2, -0.15) is 0 Å². The third-order valence-electron chi connectivity index (χ3n) is 3.00. The number of benzene rings is 2. The van der Waals surface area contributed by atoms with Crippen LogP contribution in [0.3, 0.4) is 0 Å². The summed E-state index contributed by atoms with van der Waals surface area (Å²) >= 11 is 11.7. The van der Waals surface area contributed by atoms with Gasteiger partial charge in [-0.15, -0.1) is 0 Å². The Morgan fingerprint density at radius 1 is 1.09 bits per heavy atom. The van der Waals surface area contributed by atoms with Crippen molar-refractivity contribution in [3.05, 3.63) is 75.5 Å². The highest BCUT2D eigenvalue weighted by atomic mass is 35.5. The number of carbonyl (C=O) groups excluding carboxylic acids is 1. The van der Waals surface area contributed by atoms with Gasteiger partial charge in [-0.05, 0) is 47.9 Å². The van der Waals surface area contributed by atoms with Crippen molar-refractivity contribution in [2.75, 3.05) is 6.54 Å². The maximum absolute atomic E-state index is 12.8. The van der Waals surface area contributed by atoms with Crippen molar-refractivity contribution in [3.63, 3.8) is 0 Å². The first-order valence-electron chi connectivity index (χ1n) is 6.70. The van der Waals surface area contributed by atoms with Gasteiger partial charge in [-0.3, -0.25) is 4.79 Å². The third kappa shape index (κ3) is 5.17. The molecule has 0 saturated heterocycles. The summed E-state index contributed by atoms with van der Waals surface area (Å²) in [7, 11) is 0. The number of halogens is 3. The fourth-order valence-corrected chi connectivity index (χ4v) is 2.13. The van der Waals surface area contributed by atoms with Crippen molar-refractivity contribution < 1.29 is 9.18 Å². The molecule has 0 aliphatic heterocycles. The van der Waals surface area contributed by atoms with Crippen LogP contribution >= 0.6 is 23.2 Å². The van der Waals surface area contributed by atoms with E-state index in [-0.39, 0.29) is 11.7 Å². The van der Waals surface area contributed by atoms with E-state index in [4.69, 9.17) is 23.2 Å². The van der Waals surface area contributed by atoms with Crippen LogP contribution in [0.1, 0.15) is 11.1 Å². The average molecular weight is 338 g/mol. The van der Waals surface area contributed by atoms with Crippen LogP contribution in [0.2, 0.25) is 10.0 Å². The predicted molar refractivity (Wildman–Crippen MR) is 88.6 cm³/mol. The van der Waals surface area contributed by atoms with Gasteiger partial charge in [0.15, 0.2) is 0 Å². The molecule has 2 aromatic carbocycles. The lowest BCUT2D eigenvalue weighted by Crippen LogP contribution is -2.23. The molecule has 1 N–H and O–H groups in total. The normalized spacial score (nSPS) is 10.9. The van der Waals surface area contributed by atoms with Crippen molar-refractivity contribution >= 4 is 35.2 Å². The Labute approximate surface area is 138 Å². The van der Waals surface area contributed by atoms with Crippen molar-refractivity contribution in [2.45, 2.75) is 6.42 Å². The Balaban J connectivity index is 1.81. The summed E-state index contributed by atoms with van der Waals surface area (Å²) in [5.41, 5.74) is 1.76. The fraction of sp³-hybridized carbons (Fsp3) is 0.118. The SMILES string of the molecule is O=C(/C=C/c1ccc(Cl)c(Cl)c1)NCCc1ccc(F)cc1. The topological polar surface area (TPSA) is 29.1 Å². The minimum Gasteiger partial charge on any atom is -0.352 e. The molecule has 22 heavy (non-hydrogen) atoms. The quantitative estimate of drug-likeness (QED) is 0.799. The smallest absolute Gasteiger partial charge is 0.244 e. The number of amides is 1. The summed E-state index contributed by atoms with van der Waals surface area (Å²) in [5.74, 6) is -0.467. The van der Waals surface area contributed by atoms with Gasteiger partial charge in [0.25, 0.3) is 0 Å². The molecule has 0 heterocycles. The van der Waals surface area contributed by atoms with Crippen molar-refractivity contribution in [3.8, 4) is 0 Å². The van der Waals surface area contributed by atoms with E-state index in [1.54, 1.807) is 36.4 Å². The molecule has 0 aromatic heterocycles. The second-order valence-electron chi connectivity index (χ2n) is 4.67. The highest BCUT2D eigenvalue weighted by Gasteiger charge is 1.99. The first-order chi connectivity index (χ1) is 10.5. The Bertz CT molecular complexity index is 684. The lowest BCUT2D eigenvalue weighted by Gasteiger charge is -2.03. The zero-order valence-electron chi connectivity index (χ0n) is 11.7. The second-order valence-corrected chi connectivity index (χ2v) is 5.49. The van der Waals surface area contributed by atoms with Crippen LogP contribution in [0.5, 0.6) is 0 Å². The first-order valence-corrected chi connectivity index (χ1v) is 7.45. The van der Waals surface area contributed by atoms with Gasteiger partial charge in [0.2, 0.25) is 5.91 Å². The zero-order chi connectivity index (χ0) is 15.9. The van der Waals surface area contributed by atoms with Gasteiger partial charge >= 0.3 is 0 Å². The van der Waals surface area contributed by atoms with Gasteiger partial charge in [0.1, 0.15) is 5.82 Å². The number of hydrogen-bond acceptors (Lipinski definition) is 1. The highest BCUT2D eigenvalue weighted by molar-refractivity contribution is 6.42. The van der Waals surface area contributed by atoms with E-state index in [1.165, 1.54) is 18.2 Å². The summed E-state index contributed by atoms with van der Waals surface area (Å²) in [4.78, 5) is 11.7. The van der Waals surface area contributed by atoms with Crippen LogP contribution < -0.4 is 5.32 Å². The average Bonchev–Trinajstić information content (AvgIpc) is 2.50. The number of nitrogens with one attached hydrogen (secondary N) is 1. The highest BCUT2D eigenvalue weighted by Crippen LogP contribution is 2.23. The van der Waals surface area contributed by atoms with Crippen molar-refractivity contribution in [1.29, 1.82) is 0 Å². The molecule has 2 nitrogen and oxygen atoms in total. The minimum absolute atomic E-state index is 0.201. The van der Waals surface area contributed by atoms with E-state index in [0.717, 1.165) is 11.1 Å². The number of carbonyl (C=O) groups is 1. The molecular formula is C17H14Cl2FNO. The first kappa shape index (κ1) is 16.5. The molecule has 0 unspecified atom stereocenters. The molecule has 114 valence electrons. The monoisotopic (exact) mass is 337 g/mol. The predicted octanol–water partition coefficient (Wildman–Crippen LogP) is 4.50. The van der Waals surface area contributed by atoms with E-state index >= 15 is 0 Å². The van der Waals surface area contributed by atoms with E-state index in [0.29, 0.717) is 23.0 Å². The van der Waals surface area contributed by atoms with E-state index < -0.39 is 0 Å². The number of hydrogen-bond donors (Lipinski definition) is 1. The largest absolute Gasteiger partial charge is 0.352 e. The Hall–Kier alpha value is -1.84. The molecule has 0 fully saturated rings. The maximum atomic E-state index is 12.8. The molecule has 0 radical (unpaired) electrons. The third-order valence-corrected chi connectivity index (χ3v) is 3.74. The molecule has 0 spiro atoms. The fourth-order valence-electron chi connectivity index (χ4n) is 1.83. The van der Waals surface area contributed by atoms with E-state index in [2.05, 4.69) is 5.32 Å². The summed E-state index contributed by atoms with van der Waals surface area (Å²) in [5, 5.41) is 3.68. The lowest BCUT2D eigenvalue weighted by atomic mass is 10.1. The van der Waals surface area contributed by atoms with Crippen LogP contribution in [0, 0.1) is 5.82 Å².